The molecular formula is C12H20N4. The zero-order chi connectivity index (χ0) is 11.4. The van der Waals surface area contributed by atoms with Crippen molar-refractivity contribution in [2.75, 3.05) is 45.2 Å². The van der Waals surface area contributed by atoms with Crippen LogP contribution < -0.4 is 10.2 Å². The monoisotopic (exact) mass is 220 g/mol. The normalized spacial score (nSPS) is 22.0. The highest BCUT2D eigenvalue weighted by atomic mass is 15.2. The lowest BCUT2D eigenvalue weighted by Gasteiger charge is -2.36. The van der Waals surface area contributed by atoms with Gasteiger partial charge in [-0.15, -0.1) is 0 Å². The number of pyridine rings is 1. The van der Waals surface area contributed by atoms with Gasteiger partial charge in [-0.05, 0) is 19.2 Å². The van der Waals surface area contributed by atoms with E-state index in [9.17, 15) is 0 Å². The number of rotatable bonds is 3. The summed E-state index contributed by atoms with van der Waals surface area (Å²) in [5.41, 5.74) is 1.23. The third-order valence-corrected chi connectivity index (χ3v) is 3.23. The second-order valence-electron chi connectivity index (χ2n) is 4.42. The molecule has 4 heteroatoms. The van der Waals surface area contributed by atoms with Crippen LogP contribution in [0.4, 0.5) is 5.69 Å². The lowest BCUT2D eigenvalue weighted by atomic mass is 10.2. The van der Waals surface area contributed by atoms with Crippen LogP contribution in [-0.4, -0.2) is 56.2 Å². The Morgan fingerprint density at radius 3 is 2.94 bits per heavy atom. The van der Waals surface area contributed by atoms with Crippen LogP contribution in [0.3, 0.4) is 0 Å². The van der Waals surface area contributed by atoms with Crippen molar-refractivity contribution in [3.63, 3.8) is 0 Å². The van der Waals surface area contributed by atoms with E-state index in [1.165, 1.54) is 5.69 Å². The molecule has 88 valence electrons. The average molecular weight is 220 g/mol. The Morgan fingerprint density at radius 2 is 2.25 bits per heavy atom. The number of piperazine rings is 1. The summed E-state index contributed by atoms with van der Waals surface area (Å²) in [5, 5.41) is 3.44. The molecule has 1 saturated heterocycles. The van der Waals surface area contributed by atoms with Crippen LogP contribution in [0.25, 0.3) is 0 Å². The van der Waals surface area contributed by atoms with Crippen LogP contribution >= 0.6 is 0 Å². The number of hydrogen-bond acceptors (Lipinski definition) is 4. The Labute approximate surface area is 97.3 Å². The van der Waals surface area contributed by atoms with Gasteiger partial charge in [-0.25, -0.2) is 0 Å². The zero-order valence-electron chi connectivity index (χ0n) is 10.1. The molecule has 0 saturated carbocycles. The first-order chi connectivity index (χ1) is 7.77. The van der Waals surface area contributed by atoms with Gasteiger partial charge in [0.25, 0.3) is 0 Å². The fraction of sp³-hybridized carbons (Fsp3) is 0.583. The maximum atomic E-state index is 4.04. The van der Waals surface area contributed by atoms with Gasteiger partial charge in [0.15, 0.2) is 0 Å². The second-order valence-corrected chi connectivity index (χ2v) is 4.42. The van der Waals surface area contributed by atoms with Crippen molar-refractivity contribution in [3.05, 3.63) is 24.5 Å². The lowest BCUT2D eigenvalue weighted by Crippen LogP contribution is -2.53. The van der Waals surface area contributed by atoms with Crippen molar-refractivity contribution in [3.8, 4) is 0 Å². The molecule has 0 radical (unpaired) electrons. The summed E-state index contributed by atoms with van der Waals surface area (Å²) >= 11 is 0. The number of aromatic nitrogens is 1. The number of nitrogens with one attached hydrogen (secondary N) is 1. The topological polar surface area (TPSA) is 31.4 Å². The van der Waals surface area contributed by atoms with Gasteiger partial charge in [0.05, 0.1) is 0 Å². The van der Waals surface area contributed by atoms with Gasteiger partial charge in [0.1, 0.15) is 0 Å². The van der Waals surface area contributed by atoms with Crippen LogP contribution in [0.2, 0.25) is 0 Å². The Balaban J connectivity index is 1.94. The molecule has 1 N–H and O–H groups in total. The van der Waals surface area contributed by atoms with Gasteiger partial charge < -0.3 is 10.2 Å². The van der Waals surface area contributed by atoms with Gasteiger partial charge in [-0.2, -0.15) is 0 Å². The van der Waals surface area contributed by atoms with E-state index in [0.29, 0.717) is 6.04 Å². The number of anilines is 1. The van der Waals surface area contributed by atoms with E-state index in [1.54, 1.807) is 0 Å². The molecule has 0 spiro atoms. The molecular weight excluding hydrogens is 200 g/mol. The van der Waals surface area contributed by atoms with Crippen molar-refractivity contribution < 1.29 is 0 Å². The number of likely N-dealkylation sites (N-methyl/N-ethyl adjacent to an activating group) is 2. The van der Waals surface area contributed by atoms with E-state index in [0.717, 1.165) is 26.2 Å². The second kappa shape index (κ2) is 5.27. The molecule has 2 heterocycles. The highest BCUT2D eigenvalue weighted by molar-refractivity contribution is 5.43. The average Bonchev–Trinajstić information content (AvgIpc) is 2.33. The summed E-state index contributed by atoms with van der Waals surface area (Å²) in [7, 11) is 4.34. The molecule has 2 rings (SSSR count). The van der Waals surface area contributed by atoms with E-state index in [2.05, 4.69) is 46.3 Å². The van der Waals surface area contributed by atoms with Crippen LogP contribution in [0.1, 0.15) is 0 Å². The lowest BCUT2D eigenvalue weighted by molar-refractivity contribution is 0.204. The van der Waals surface area contributed by atoms with Crippen LogP contribution in [0.5, 0.6) is 0 Å². The number of hydrogen-bond donors (Lipinski definition) is 1. The van der Waals surface area contributed by atoms with Crippen LogP contribution in [0.15, 0.2) is 24.5 Å². The molecule has 1 fully saturated rings. The van der Waals surface area contributed by atoms with Gasteiger partial charge >= 0.3 is 0 Å². The molecule has 1 atom stereocenters. The fourth-order valence-electron chi connectivity index (χ4n) is 2.09. The first kappa shape index (κ1) is 11.4. The Morgan fingerprint density at radius 1 is 1.50 bits per heavy atom. The molecule has 4 nitrogen and oxygen atoms in total. The summed E-state index contributed by atoms with van der Waals surface area (Å²) in [6.07, 6.45) is 3.68. The molecule has 0 bridgehead atoms. The Kier molecular flexibility index (Phi) is 3.74. The molecule has 1 aromatic heterocycles. The van der Waals surface area contributed by atoms with E-state index >= 15 is 0 Å². The van der Waals surface area contributed by atoms with Gasteiger partial charge in [-0.1, -0.05) is 0 Å². The molecule has 0 aromatic carbocycles. The van der Waals surface area contributed by atoms with Crippen LogP contribution in [-0.2, 0) is 0 Å². The van der Waals surface area contributed by atoms with E-state index in [4.69, 9.17) is 0 Å². The minimum absolute atomic E-state index is 0.590. The summed E-state index contributed by atoms with van der Waals surface area (Å²) in [5.74, 6) is 0. The Bertz CT molecular complexity index is 314. The summed E-state index contributed by atoms with van der Waals surface area (Å²) in [6, 6.07) is 4.69. The zero-order valence-corrected chi connectivity index (χ0v) is 10.1. The maximum Gasteiger partial charge on any atom is 0.0395 e. The Hall–Kier alpha value is -1.13. The largest absolute Gasteiger partial charge is 0.373 e. The van der Waals surface area contributed by atoms with Gasteiger partial charge in [-0.3, -0.25) is 9.88 Å². The van der Waals surface area contributed by atoms with E-state index in [-0.39, 0.29) is 0 Å². The SMILES string of the molecule is CN(CC1CNCCN1C)c1ccncc1. The molecule has 0 aliphatic carbocycles. The van der Waals surface area contributed by atoms with Gasteiger partial charge in [0.2, 0.25) is 0 Å². The van der Waals surface area contributed by atoms with E-state index < -0.39 is 0 Å². The maximum absolute atomic E-state index is 4.04. The van der Waals surface area contributed by atoms with Crippen molar-refractivity contribution in [1.29, 1.82) is 0 Å². The summed E-state index contributed by atoms with van der Waals surface area (Å²) < 4.78 is 0. The predicted octanol–water partition coefficient (Wildman–Crippen LogP) is 0.421. The van der Waals surface area contributed by atoms with Crippen LogP contribution in [0, 0.1) is 0 Å². The van der Waals surface area contributed by atoms with Gasteiger partial charge in [0, 0.05) is 57.3 Å². The van der Waals surface area contributed by atoms with Crippen molar-refractivity contribution in [1.82, 2.24) is 15.2 Å². The molecule has 1 unspecified atom stereocenters. The quantitative estimate of drug-likeness (QED) is 0.800. The summed E-state index contributed by atoms with van der Waals surface area (Å²) in [4.78, 5) is 8.75. The van der Waals surface area contributed by atoms with Crippen molar-refractivity contribution in [2.45, 2.75) is 6.04 Å². The predicted molar refractivity (Wildman–Crippen MR) is 66.8 cm³/mol. The van der Waals surface area contributed by atoms with E-state index in [1.807, 2.05) is 12.4 Å². The van der Waals surface area contributed by atoms with Crippen molar-refractivity contribution >= 4 is 5.69 Å². The minimum Gasteiger partial charge on any atom is -0.373 e. The third kappa shape index (κ3) is 2.71. The molecule has 16 heavy (non-hydrogen) atoms. The molecule has 1 aromatic rings. The number of nitrogens with zero attached hydrogens (tertiary/aromatic N) is 3. The highest BCUT2D eigenvalue weighted by Crippen LogP contribution is 2.12. The smallest absolute Gasteiger partial charge is 0.0395 e. The minimum atomic E-state index is 0.590. The highest BCUT2D eigenvalue weighted by Gasteiger charge is 2.19. The first-order valence-electron chi connectivity index (χ1n) is 5.79. The fourth-order valence-corrected chi connectivity index (χ4v) is 2.09. The molecule has 1 aliphatic rings. The molecule has 1 aliphatic heterocycles. The van der Waals surface area contributed by atoms with Crippen molar-refractivity contribution in [2.24, 2.45) is 0 Å². The third-order valence-electron chi connectivity index (χ3n) is 3.23. The summed E-state index contributed by atoms with van der Waals surface area (Å²) in [6.45, 7) is 4.36. The molecule has 0 amide bonds. The first-order valence-corrected chi connectivity index (χ1v) is 5.79. The standard InChI is InChI=1S/C12H20N4/c1-15-8-7-14-9-12(15)10-16(2)11-3-5-13-6-4-11/h3-6,12,14H,7-10H2,1-2H3.